The van der Waals surface area contributed by atoms with Crippen molar-refractivity contribution in [2.75, 3.05) is 12.3 Å². The molecule has 4 heterocycles. The Bertz CT molecular complexity index is 925. The van der Waals surface area contributed by atoms with Crippen LogP contribution in [-0.4, -0.2) is 55.3 Å². The number of anilines is 1. The van der Waals surface area contributed by atoms with Crippen molar-refractivity contribution in [2.24, 2.45) is 0 Å². The van der Waals surface area contributed by atoms with Gasteiger partial charge in [0.2, 0.25) is 0 Å². The molecule has 0 aliphatic carbocycles. The lowest BCUT2D eigenvalue weighted by atomic mass is 10.1. The van der Waals surface area contributed by atoms with E-state index in [2.05, 4.69) is 15.0 Å². The number of rotatable bonds is 4. The standard InChI is InChI=1S/C14H18N5O6PS/c1-2-3-8(20)24-11-10-7(4-22-26(21,27)25-10)23-14(11)19-6-18-9-12(15)16-5-17-13(9)19/h5-7,10-11,14H,2-4H2,1H3,(H,21,27)(H2,15,16,17)/t7?,10?,11-,14?,26?/m0/s1. The third-order valence-corrected chi connectivity index (χ3v) is 5.88. The molecule has 0 saturated carbocycles. The molecule has 5 atom stereocenters. The molecule has 0 bridgehead atoms. The maximum Gasteiger partial charge on any atom is 0.325 e. The van der Waals surface area contributed by atoms with Crippen LogP contribution in [0.2, 0.25) is 0 Å². The number of hydrogen-bond donors (Lipinski definition) is 2. The highest BCUT2D eigenvalue weighted by molar-refractivity contribution is 8.07. The monoisotopic (exact) mass is 415 g/mol. The molecule has 0 spiro atoms. The summed E-state index contributed by atoms with van der Waals surface area (Å²) in [5.74, 6) is -0.184. The quantitative estimate of drug-likeness (QED) is 0.536. The van der Waals surface area contributed by atoms with Gasteiger partial charge >= 0.3 is 12.7 Å². The van der Waals surface area contributed by atoms with Gasteiger partial charge in [-0.3, -0.25) is 13.9 Å². The van der Waals surface area contributed by atoms with Crippen LogP contribution in [0, 0.1) is 0 Å². The highest BCUT2D eigenvalue weighted by Crippen LogP contribution is 2.53. The highest BCUT2D eigenvalue weighted by Gasteiger charge is 2.54. The summed E-state index contributed by atoms with van der Waals surface area (Å²) < 4.78 is 23.9. The number of fused-ring (bicyclic) bond motifs is 2. The molecule has 2 saturated heterocycles. The topological polar surface area (TPSA) is 144 Å². The van der Waals surface area contributed by atoms with E-state index in [4.69, 9.17) is 36.1 Å². The second-order valence-corrected chi connectivity index (χ2v) is 8.98. The van der Waals surface area contributed by atoms with Crippen LogP contribution in [0.4, 0.5) is 5.82 Å². The zero-order valence-electron chi connectivity index (χ0n) is 14.3. The van der Waals surface area contributed by atoms with Gasteiger partial charge in [0.25, 0.3) is 0 Å². The maximum atomic E-state index is 12.2. The van der Waals surface area contributed by atoms with Gasteiger partial charge < -0.3 is 24.6 Å². The first kappa shape index (κ1) is 18.7. The van der Waals surface area contributed by atoms with E-state index >= 15 is 0 Å². The number of nitrogens with two attached hydrogens (primary N) is 1. The minimum Gasteiger partial charge on any atom is -0.455 e. The number of esters is 1. The zero-order chi connectivity index (χ0) is 19.2. The summed E-state index contributed by atoms with van der Waals surface area (Å²) in [5, 5.41) is 0. The molecule has 146 valence electrons. The maximum absolute atomic E-state index is 12.2. The normalized spacial score (nSPS) is 33.1. The molecule has 2 aliphatic rings. The van der Waals surface area contributed by atoms with Crippen LogP contribution in [-0.2, 0) is 35.1 Å². The molecular formula is C14H18N5O6PS. The van der Waals surface area contributed by atoms with Crippen LogP contribution < -0.4 is 5.73 Å². The lowest BCUT2D eigenvalue weighted by Crippen LogP contribution is -2.41. The smallest absolute Gasteiger partial charge is 0.325 e. The van der Waals surface area contributed by atoms with E-state index < -0.39 is 37.2 Å². The fraction of sp³-hybridized carbons (Fsp3) is 0.571. The van der Waals surface area contributed by atoms with Crippen molar-refractivity contribution >= 4 is 41.5 Å². The molecule has 0 aromatic carbocycles. The Morgan fingerprint density at radius 3 is 3.11 bits per heavy atom. The number of carbonyl (C=O) groups is 1. The summed E-state index contributed by atoms with van der Waals surface area (Å²) in [4.78, 5) is 34.5. The predicted molar refractivity (Wildman–Crippen MR) is 95.8 cm³/mol. The molecule has 2 aromatic rings. The molecule has 4 unspecified atom stereocenters. The summed E-state index contributed by atoms with van der Waals surface area (Å²) in [6.07, 6.45) is 0.663. The number of ether oxygens (including phenoxy) is 2. The van der Waals surface area contributed by atoms with Crippen LogP contribution >= 0.6 is 6.72 Å². The summed E-state index contributed by atoms with van der Waals surface area (Å²) >= 11 is 4.94. The molecule has 2 aromatic heterocycles. The van der Waals surface area contributed by atoms with Gasteiger partial charge in [-0.05, 0) is 18.2 Å². The molecule has 13 heteroatoms. The zero-order valence-corrected chi connectivity index (χ0v) is 16.0. The number of nitrogens with zero attached hydrogens (tertiary/aromatic N) is 4. The van der Waals surface area contributed by atoms with Gasteiger partial charge in [-0.25, -0.2) is 15.0 Å². The Kier molecular flexibility index (Phi) is 4.87. The van der Waals surface area contributed by atoms with E-state index in [1.165, 1.54) is 12.7 Å². The largest absolute Gasteiger partial charge is 0.455 e. The highest BCUT2D eigenvalue weighted by atomic mass is 32.5. The Morgan fingerprint density at radius 2 is 2.33 bits per heavy atom. The van der Waals surface area contributed by atoms with Crippen molar-refractivity contribution in [2.45, 2.75) is 44.3 Å². The molecule has 3 N–H and O–H groups in total. The van der Waals surface area contributed by atoms with Gasteiger partial charge in [0.15, 0.2) is 23.8 Å². The van der Waals surface area contributed by atoms with Crippen LogP contribution in [0.3, 0.4) is 0 Å². The second-order valence-electron chi connectivity index (χ2n) is 6.19. The van der Waals surface area contributed by atoms with Crippen molar-refractivity contribution in [1.82, 2.24) is 19.5 Å². The molecule has 0 radical (unpaired) electrons. The Balaban J connectivity index is 1.72. The molecule has 2 aliphatic heterocycles. The van der Waals surface area contributed by atoms with E-state index in [9.17, 15) is 9.69 Å². The van der Waals surface area contributed by atoms with Crippen LogP contribution in [0.5, 0.6) is 0 Å². The Labute approximate surface area is 159 Å². The van der Waals surface area contributed by atoms with Crippen LogP contribution in [0.25, 0.3) is 11.2 Å². The van der Waals surface area contributed by atoms with E-state index in [1.807, 2.05) is 6.92 Å². The molecular weight excluding hydrogens is 397 g/mol. The first-order valence-corrected chi connectivity index (χ1v) is 10.9. The number of aromatic nitrogens is 4. The van der Waals surface area contributed by atoms with Crippen molar-refractivity contribution in [1.29, 1.82) is 0 Å². The molecule has 27 heavy (non-hydrogen) atoms. The summed E-state index contributed by atoms with van der Waals surface area (Å²) in [6.45, 7) is -1.52. The van der Waals surface area contributed by atoms with Gasteiger partial charge in [0.05, 0.1) is 12.9 Å². The number of nitrogen functional groups attached to an aromatic ring is 1. The lowest BCUT2D eigenvalue weighted by molar-refractivity contribution is -0.158. The predicted octanol–water partition coefficient (Wildman–Crippen LogP) is 0.650. The average molecular weight is 415 g/mol. The van der Waals surface area contributed by atoms with Crippen LogP contribution in [0.15, 0.2) is 12.7 Å². The minimum absolute atomic E-state index is 0.0283. The third kappa shape index (κ3) is 3.44. The third-order valence-electron chi connectivity index (χ3n) is 4.33. The molecule has 0 amide bonds. The Hall–Kier alpha value is -1.69. The van der Waals surface area contributed by atoms with Gasteiger partial charge in [0.1, 0.15) is 24.1 Å². The van der Waals surface area contributed by atoms with Gasteiger partial charge in [-0.2, -0.15) is 0 Å². The van der Waals surface area contributed by atoms with E-state index in [0.717, 1.165) is 0 Å². The molecule has 4 rings (SSSR count). The molecule has 2 fully saturated rings. The van der Waals surface area contributed by atoms with Gasteiger partial charge in [-0.15, -0.1) is 0 Å². The van der Waals surface area contributed by atoms with E-state index in [1.54, 1.807) is 4.57 Å². The first-order valence-electron chi connectivity index (χ1n) is 8.33. The summed E-state index contributed by atoms with van der Waals surface area (Å²) in [6, 6.07) is 0. The minimum atomic E-state index is -3.42. The number of hydrogen-bond acceptors (Lipinski definition) is 10. The van der Waals surface area contributed by atoms with Gasteiger partial charge in [0, 0.05) is 6.42 Å². The van der Waals surface area contributed by atoms with Crippen molar-refractivity contribution < 1.29 is 28.2 Å². The lowest BCUT2D eigenvalue weighted by Gasteiger charge is -2.31. The van der Waals surface area contributed by atoms with Crippen molar-refractivity contribution in [3.63, 3.8) is 0 Å². The fourth-order valence-corrected chi connectivity index (χ4v) is 4.58. The van der Waals surface area contributed by atoms with Crippen LogP contribution in [0.1, 0.15) is 26.0 Å². The summed E-state index contributed by atoms with van der Waals surface area (Å²) in [5.41, 5.74) is 6.66. The number of imidazole rings is 1. The average Bonchev–Trinajstić information content (AvgIpc) is 3.17. The van der Waals surface area contributed by atoms with E-state index in [-0.39, 0.29) is 18.8 Å². The first-order chi connectivity index (χ1) is 12.9. The van der Waals surface area contributed by atoms with Gasteiger partial charge in [-0.1, -0.05) is 6.92 Å². The Morgan fingerprint density at radius 1 is 1.52 bits per heavy atom. The number of carbonyl (C=O) groups excluding carboxylic acids is 1. The van der Waals surface area contributed by atoms with Crippen molar-refractivity contribution in [3.05, 3.63) is 12.7 Å². The van der Waals surface area contributed by atoms with E-state index in [0.29, 0.717) is 17.6 Å². The SMILES string of the molecule is CCCC(=O)O[C@H]1C2OP(O)(=S)OCC2OC1n1cnc2c(N)ncnc21. The second kappa shape index (κ2) is 7.04. The molecule has 11 nitrogen and oxygen atoms in total. The summed E-state index contributed by atoms with van der Waals surface area (Å²) in [7, 11) is 0. The van der Waals surface area contributed by atoms with Crippen molar-refractivity contribution in [3.8, 4) is 0 Å². The fourth-order valence-electron chi connectivity index (χ4n) is 3.14.